The number of imidazole rings is 1. The zero-order valence-electron chi connectivity index (χ0n) is 16.4. The first-order valence-electron chi connectivity index (χ1n) is 9.25. The molecule has 0 saturated carbocycles. The average Bonchev–Trinajstić information content (AvgIpc) is 3.11. The third-order valence-electron chi connectivity index (χ3n) is 4.45. The Labute approximate surface area is 165 Å². The van der Waals surface area contributed by atoms with Gasteiger partial charge in [-0.3, -0.25) is 4.79 Å². The summed E-state index contributed by atoms with van der Waals surface area (Å²) < 4.78 is 12.9. The van der Waals surface area contributed by atoms with E-state index in [1.54, 1.807) is 31.5 Å². The number of hydrogen-bond acceptors (Lipinski definition) is 4. The summed E-state index contributed by atoms with van der Waals surface area (Å²) in [6.07, 6.45) is 3.76. The topological polar surface area (TPSA) is 65.4 Å². The van der Waals surface area contributed by atoms with Crippen LogP contribution in [-0.2, 0) is 13.1 Å². The molecule has 0 spiro atoms. The van der Waals surface area contributed by atoms with E-state index in [0.717, 1.165) is 23.5 Å². The molecule has 0 unspecified atom stereocenters. The summed E-state index contributed by atoms with van der Waals surface area (Å²) >= 11 is 0. The number of benzene rings is 2. The minimum absolute atomic E-state index is 0.155. The monoisotopic (exact) mass is 379 g/mol. The molecule has 0 saturated heterocycles. The van der Waals surface area contributed by atoms with Gasteiger partial charge in [0.05, 0.1) is 13.7 Å². The van der Waals surface area contributed by atoms with Crippen LogP contribution in [0.4, 0.5) is 0 Å². The predicted molar refractivity (Wildman–Crippen MR) is 108 cm³/mol. The Kier molecular flexibility index (Phi) is 6.32. The van der Waals surface area contributed by atoms with Crippen LogP contribution < -0.4 is 14.8 Å². The van der Waals surface area contributed by atoms with E-state index >= 15 is 0 Å². The van der Waals surface area contributed by atoms with E-state index in [-0.39, 0.29) is 5.91 Å². The number of amides is 1. The highest BCUT2D eigenvalue weighted by Gasteiger charge is 2.11. The summed E-state index contributed by atoms with van der Waals surface area (Å²) in [7, 11) is 1.56. The van der Waals surface area contributed by atoms with Crippen molar-refractivity contribution in [3.63, 3.8) is 0 Å². The Morgan fingerprint density at radius 3 is 2.68 bits per heavy atom. The van der Waals surface area contributed by atoms with Gasteiger partial charge in [-0.05, 0) is 43.2 Å². The minimum atomic E-state index is -0.155. The van der Waals surface area contributed by atoms with E-state index in [0.29, 0.717) is 30.2 Å². The molecule has 1 N–H and O–H groups in total. The first-order chi connectivity index (χ1) is 13.6. The predicted octanol–water partition coefficient (Wildman–Crippen LogP) is 3.58. The van der Waals surface area contributed by atoms with Gasteiger partial charge in [-0.2, -0.15) is 0 Å². The molecule has 6 nitrogen and oxygen atoms in total. The SMILES string of the molecule is CCOc1ccc(C(=O)NCc2cccc(Cn3ccnc3C)c2)cc1OC. The van der Waals surface area contributed by atoms with E-state index in [1.807, 2.05) is 32.2 Å². The van der Waals surface area contributed by atoms with Crippen molar-refractivity contribution in [3.8, 4) is 11.5 Å². The molecule has 1 aromatic heterocycles. The summed E-state index contributed by atoms with van der Waals surface area (Å²) in [5.74, 6) is 2.00. The fourth-order valence-electron chi connectivity index (χ4n) is 2.97. The Balaban J connectivity index is 1.64. The van der Waals surface area contributed by atoms with E-state index in [4.69, 9.17) is 9.47 Å². The zero-order valence-corrected chi connectivity index (χ0v) is 16.4. The second-order valence-corrected chi connectivity index (χ2v) is 6.40. The molecule has 0 aliphatic carbocycles. The fraction of sp³-hybridized carbons (Fsp3) is 0.273. The highest BCUT2D eigenvalue weighted by molar-refractivity contribution is 5.94. The highest BCUT2D eigenvalue weighted by atomic mass is 16.5. The van der Waals surface area contributed by atoms with E-state index < -0.39 is 0 Å². The summed E-state index contributed by atoms with van der Waals surface area (Å²) in [6, 6.07) is 13.4. The van der Waals surface area contributed by atoms with Crippen LogP contribution in [0.25, 0.3) is 0 Å². The number of hydrogen-bond donors (Lipinski definition) is 1. The van der Waals surface area contributed by atoms with Crippen molar-refractivity contribution >= 4 is 5.91 Å². The van der Waals surface area contributed by atoms with E-state index in [1.165, 1.54) is 0 Å². The number of carbonyl (C=O) groups excluding carboxylic acids is 1. The third kappa shape index (κ3) is 4.71. The highest BCUT2D eigenvalue weighted by Crippen LogP contribution is 2.28. The van der Waals surface area contributed by atoms with Gasteiger partial charge < -0.3 is 19.4 Å². The van der Waals surface area contributed by atoms with E-state index in [2.05, 4.69) is 27.0 Å². The van der Waals surface area contributed by atoms with Crippen LogP contribution >= 0.6 is 0 Å². The number of rotatable bonds is 8. The lowest BCUT2D eigenvalue weighted by Gasteiger charge is -2.12. The molecule has 1 heterocycles. The number of aromatic nitrogens is 2. The Bertz CT molecular complexity index is 950. The van der Waals surface area contributed by atoms with Gasteiger partial charge in [0, 0.05) is 31.0 Å². The van der Waals surface area contributed by atoms with Gasteiger partial charge in [0.2, 0.25) is 0 Å². The fourth-order valence-corrected chi connectivity index (χ4v) is 2.97. The van der Waals surface area contributed by atoms with Gasteiger partial charge in [0.25, 0.3) is 5.91 Å². The molecule has 3 aromatic rings. The largest absolute Gasteiger partial charge is 0.493 e. The third-order valence-corrected chi connectivity index (χ3v) is 4.45. The van der Waals surface area contributed by atoms with Crippen LogP contribution in [0, 0.1) is 6.92 Å². The maximum absolute atomic E-state index is 12.5. The maximum Gasteiger partial charge on any atom is 0.251 e. The molecular weight excluding hydrogens is 354 g/mol. The van der Waals surface area contributed by atoms with Gasteiger partial charge in [0.1, 0.15) is 5.82 Å². The number of carbonyl (C=O) groups is 1. The van der Waals surface area contributed by atoms with Gasteiger partial charge >= 0.3 is 0 Å². The van der Waals surface area contributed by atoms with Crippen LogP contribution in [0.15, 0.2) is 54.9 Å². The van der Waals surface area contributed by atoms with Gasteiger partial charge in [-0.15, -0.1) is 0 Å². The summed E-state index contributed by atoms with van der Waals surface area (Å²) in [5.41, 5.74) is 2.74. The van der Waals surface area contributed by atoms with Crippen molar-refractivity contribution in [1.29, 1.82) is 0 Å². The van der Waals surface area contributed by atoms with Crippen LogP contribution in [-0.4, -0.2) is 29.2 Å². The molecule has 146 valence electrons. The molecule has 28 heavy (non-hydrogen) atoms. The zero-order chi connectivity index (χ0) is 19.9. The lowest BCUT2D eigenvalue weighted by Crippen LogP contribution is -2.23. The summed E-state index contributed by atoms with van der Waals surface area (Å²) in [4.78, 5) is 16.8. The number of methoxy groups -OCH3 is 1. The Hall–Kier alpha value is -3.28. The second-order valence-electron chi connectivity index (χ2n) is 6.40. The maximum atomic E-state index is 12.5. The molecule has 0 atom stereocenters. The quantitative estimate of drug-likeness (QED) is 0.650. The molecule has 1 amide bonds. The Morgan fingerprint density at radius 2 is 1.96 bits per heavy atom. The lowest BCUT2D eigenvalue weighted by atomic mass is 10.1. The van der Waals surface area contributed by atoms with Crippen molar-refractivity contribution in [2.24, 2.45) is 0 Å². The smallest absolute Gasteiger partial charge is 0.251 e. The van der Waals surface area contributed by atoms with Gasteiger partial charge in [-0.25, -0.2) is 4.98 Å². The van der Waals surface area contributed by atoms with Crippen LogP contribution in [0.5, 0.6) is 11.5 Å². The molecule has 0 fully saturated rings. The number of nitrogens with zero attached hydrogens (tertiary/aromatic N) is 2. The molecule has 0 bridgehead atoms. The molecular formula is C22H25N3O3. The lowest BCUT2D eigenvalue weighted by molar-refractivity contribution is 0.0950. The van der Waals surface area contributed by atoms with Crippen molar-refractivity contribution in [1.82, 2.24) is 14.9 Å². The van der Waals surface area contributed by atoms with E-state index in [9.17, 15) is 4.79 Å². The molecule has 3 rings (SSSR count). The van der Waals surface area contributed by atoms with Crippen LogP contribution in [0.1, 0.15) is 34.2 Å². The molecule has 0 radical (unpaired) electrons. The summed E-state index contributed by atoms with van der Waals surface area (Å²) in [5, 5.41) is 2.96. The molecule has 2 aromatic carbocycles. The number of ether oxygens (including phenoxy) is 2. The molecule has 0 aliphatic rings. The minimum Gasteiger partial charge on any atom is -0.493 e. The van der Waals surface area contributed by atoms with Crippen molar-refractivity contribution < 1.29 is 14.3 Å². The van der Waals surface area contributed by atoms with Crippen LogP contribution in [0.3, 0.4) is 0 Å². The van der Waals surface area contributed by atoms with Crippen molar-refractivity contribution in [2.75, 3.05) is 13.7 Å². The molecule has 6 heteroatoms. The Morgan fingerprint density at radius 1 is 1.14 bits per heavy atom. The average molecular weight is 379 g/mol. The first-order valence-corrected chi connectivity index (χ1v) is 9.25. The number of nitrogens with one attached hydrogen (secondary N) is 1. The standard InChI is InChI=1S/C22H25N3O3/c1-4-28-20-9-8-19(13-21(20)27-3)22(26)24-14-17-6-5-7-18(12-17)15-25-11-10-23-16(25)2/h5-13H,4,14-15H2,1-3H3,(H,24,26). The second kappa shape index (κ2) is 9.08. The van der Waals surface area contributed by atoms with Crippen molar-refractivity contribution in [2.45, 2.75) is 26.9 Å². The van der Waals surface area contributed by atoms with Crippen LogP contribution in [0.2, 0.25) is 0 Å². The normalized spacial score (nSPS) is 10.5. The summed E-state index contributed by atoms with van der Waals surface area (Å²) in [6.45, 7) is 5.63. The van der Waals surface area contributed by atoms with Gasteiger partial charge in [0.15, 0.2) is 11.5 Å². The van der Waals surface area contributed by atoms with Crippen molar-refractivity contribution in [3.05, 3.63) is 77.4 Å². The molecule has 0 aliphatic heterocycles. The number of aryl methyl sites for hydroxylation is 1. The van der Waals surface area contributed by atoms with Gasteiger partial charge in [-0.1, -0.05) is 24.3 Å². The first kappa shape index (κ1) is 19.5.